The van der Waals surface area contributed by atoms with Gasteiger partial charge in [-0.15, -0.1) is 0 Å². The molecule has 0 fully saturated rings. The molecule has 0 saturated heterocycles. The molecule has 1 N–H and O–H groups in total. The highest BCUT2D eigenvalue weighted by Gasteiger charge is 2.30. The lowest BCUT2D eigenvalue weighted by atomic mass is 9.79. The van der Waals surface area contributed by atoms with Crippen molar-refractivity contribution in [1.82, 2.24) is 14.5 Å². The zero-order valence-corrected chi connectivity index (χ0v) is 36.2. The molecule has 0 aliphatic rings. The second-order valence-electron chi connectivity index (χ2n) is 18.3. The first kappa shape index (κ1) is 39.4. The Kier molecular flexibility index (Phi) is 9.38. The molecule has 0 bridgehead atoms. The predicted octanol–water partition coefficient (Wildman–Crippen LogP) is 14.8. The van der Waals surface area contributed by atoms with Gasteiger partial charge in [-0.05, 0) is 70.0 Å². The summed E-state index contributed by atoms with van der Waals surface area (Å²) < 4.78 is 8.97. The number of imidazole rings is 1. The Balaban J connectivity index is 1.29. The van der Waals surface area contributed by atoms with Gasteiger partial charge in [-0.25, -0.2) is 4.98 Å². The molecule has 63 heavy (non-hydrogen) atoms. The van der Waals surface area contributed by atoms with Crippen LogP contribution in [0.1, 0.15) is 58.2 Å². The number of hydrogen-bond acceptors (Lipinski definition) is 5. The van der Waals surface area contributed by atoms with Gasteiger partial charge < -0.3 is 9.52 Å². The van der Waals surface area contributed by atoms with Crippen molar-refractivity contribution in [1.29, 1.82) is 5.26 Å². The van der Waals surface area contributed by atoms with E-state index in [0.29, 0.717) is 22.6 Å². The quantitative estimate of drug-likeness (QED) is 0.181. The molecule has 0 spiro atoms. The Bertz CT molecular complexity index is 3430. The molecule has 0 saturated carbocycles. The Morgan fingerprint density at radius 1 is 0.587 bits per heavy atom. The van der Waals surface area contributed by atoms with Crippen LogP contribution in [0.5, 0.6) is 5.75 Å². The second-order valence-corrected chi connectivity index (χ2v) is 18.3. The van der Waals surface area contributed by atoms with Gasteiger partial charge in [0.15, 0.2) is 0 Å². The first-order valence-corrected chi connectivity index (χ1v) is 21.4. The molecule has 0 aliphatic heterocycles. The van der Waals surface area contributed by atoms with Crippen molar-refractivity contribution in [3.63, 3.8) is 0 Å². The van der Waals surface area contributed by atoms with E-state index >= 15 is 0 Å². The van der Waals surface area contributed by atoms with Gasteiger partial charge in [-0.2, -0.15) is 5.26 Å². The van der Waals surface area contributed by atoms with Crippen LogP contribution in [0.4, 0.5) is 0 Å². The zero-order valence-electron chi connectivity index (χ0n) is 36.2. The summed E-state index contributed by atoms with van der Waals surface area (Å²) in [6.45, 7) is 13.0. The number of nitrogens with zero attached hydrogens (tertiary/aromatic N) is 4. The van der Waals surface area contributed by atoms with Crippen molar-refractivity contribution in [3.8, 4) is 73.5 Å². The van der Waals surface area contributed by atoms with Gasteiger partial charge in [0.1, 0.15) is 22.7 Å². The van der Waals surface area contributed by atoms with Crippen LogP contribution >= 0.6 is 0 Å². The summed E-state index contributed by atoms with van der Waals surface area (Å²) in [4.78, 5) is 10.6. The number of fused-ring (bicyclic) bond motifs is 4. The van der Waals surface area contributed by atoms with Gasteiger partial charge in [0.25, 0.3) is 0 Å². The fourth-order valence-corrected chi connectivity index (χ4v) is 8.81. The number of pyridine rings is 1. The molecule has 6 nitrogen and oxygen atoms in total. The third kappa shape index (κ3) is 6.83. The van der Waals surface area contributed by atoms with Crippen LogP contribution in [0.3, 0.4) is 0 Å². The second kappa shape index (κ2) is 15.0. The maximum atomic E-state index is 12.5. The maximum Gasteiger partial charge on any atom is 0.149 e. The summed E-state index contributed by atoms with van der Waals surface area (Å²) in [6.07, 6.45) is 1.80. The average molecular weight is 819 g/mol. The first-order valence-electron chi connectivity index (χ1n) is 21.4. The number of phenols is 1. The minimum atomic E-state index is -0.351. The fraction of sp³-hybridized carbons (Fsp3) is 0.140. The number of phenolic OH excluding ortho intramolecular Hbond substituents is 1. The van der Waals surface area contributed by atoms with Crippen molar-refractivity contribution in [3.05, 3.63) is 181 Å². The summed E-state index contributed by atoms with van der Waals surface area (Å²) >= 11 is 0. The summed E-state index contributed by atoms with van der Waals surface area (Å²) in [5.41, 5.74) is 13.7. The van der Waals surface area contributed by atoms with Crippen LogP contribution in [0.15, 0.2) is 168 Å². The Morgan fingerprint density at radius 3 is 1.97 bits per heavy atom. The number of nitriles is 1. The molecule has 0 atom stereocenters. The lowest BCUT2D eigenvalue weighted by Gasteiger charge is -2.27. The van der Waals surface area contributed by atoms with E-state index in [9.17, 15) is 10.4 Å². The predicted molar refractivity (Wildman–Crippen MR) is 257 cm³/mol. The number of furan rings is 1. The van der Waals surface area contributed by atoms with E-state index in [0.717, 1.165) is 88.7 Å². The van der Waals surface area contributed by atoms with Crippen LogP contribution in [0.2, 0.25) is 0 Å². The number of hydrogen-bond donors (Lipinski definition) is 1. The Hall–Kier alpha value is -7.75. The number of para-hydroxylation sites is 3. The van der Waals surface area contributed by atoms with Crippen LogP contribution in [-0.2, 0) is 10.8 Å². The van der Waals surface area contributed by atoms with Crippen molar-refractivity contribution in [2.75, 3.05) is 0 Å². The fourth-order valence-electron chi connectivity index (χ4n) is 8.81. The third-order valence-corrected chi connectivity index (χ3v) is 12.1. The molecule has 0 amide bonds. The molecule has 0 unspecified atom stereocenters. The van der Waals surface area contributed by atoms with E-state index in [1.54, 1.807) is 6.20 Å². The highest BCUT2D eigenvalue weighted by Crippen LogP contribution is 2.47. The topological polar surface area (TPSA) is 87.9 Å². The number of benzene rings is 7. The highest BCUT2D eigenvalue weighted by atomic mass is 16.3. The van der Waals surface area contributed by atoms with Gasteiger partial charge in [0, 0.05) is 50.4 Å². The number of aromatic hydroxyl groups is 1. The normalized spacial score (nSPS) is 12.0. The summed E-state index contributed by atoms with van der Waals surface area (Å²) in [7, 11) is 0. The summed E-state index contributed by atoms with van der Waals surface area (Å²) in [5.74, 6) is 0.842. The van der Waals surface area contributed by atoms with Crippen molar-refractivity contribution < 1.29 is 9.52 Å². The molecule has 7 aromatic carbocycles. The SMILES string of the molecule is CC(C)(C)c1cc(-c2nc3c(-c4cc(-c5cc(C#N)c(-c6ccccc6)cn5)cc5c4oc4ccccc45)cccc3n2-c2ccccc2-c2ccccc2)c(O)c(C(C)(C)C)c1. The van der Waals surface area contributed by atoms with Crippen molar-refractivity contribution in [2.24, 2.45) is 0 Å². The first-order chi connectivity index (χ1) is 30.4. The number of rotatable bonds is 6. The largest absolute Gasteiger partial charge is 0.507 e. The van der Waals surface area contributed by atoms with E-state index in [1.807, 2.05) is 60.7 Å². The molecule has 0 aliphatic carbocycles. The van der Waals surface area contributed by atoms with Gasteiger partial charge >= 0.3 is 0 Å². The van der Waals surface area contributed by atoms with Gasteiger partial charge in [-0.1, -0.05) is 157 Å². The van der Waals surface area contributed by atoms with Crippen molar-refractivity contribution in [2.45, 2.75) is 52.4 Å². The lowest BCUT2D eigenvalue weighted by molar-refractivity contribution is 0.446. The average Bonchev–Trinajstić information content (AvgIpc) is 3.87. The van der Waals surface area contributed by atoms with E-state index in [-0.39, 0.29) is 16.6 Å². The molecule has 10 aromatic rings. The molecule has 3 heterocycles. The minimum Gasteiger partial charge on any atom is -0.507 e. The highest BCUT2D eigenvalue weighted by molar-refractivity contribution is 6.13. The van der Waals surface area contributed by atoms with E-state index in [1.165, 1.54) is 0 Å². The lowest BCUT2D eigenvalue weighted by Crippen LogP contribution is -2.17. The van der Waals surface area contributed by atoms with Crippen LogP contribution in [0.25, 0.3) is 94.7 Å². The van der Waals surface area contributed by atoms with E-state index in [2.05, 4.69) is 149 Å². The van der Waals surface area contributed by atoms with Crippen molar-refractivity contribution >= 4 is 33.0 Å². The smallest absolute Gasteiger partial charge is 0.149 e. The Morgan fingerprint density at radius 2 is 1.25 bits per heavy atom. The van der Waals surface area contributed by atoms with Crippen LogP contribution in [0, 0.1) is 11.3 Å². The molecule has 10 rings (SSSR count). The van der Waals surface area contributed by atoms with Crippen LogP contribution in [-0.4, -0.2) is 19.6 Å². The molecular formula is C57H46N4O2. The van der Waals surface area contributed by atoms with Gasteiger partial charge in [-0.3, -0.25) is 9.55 Å². The van der Waals surface area contributed by atoms with Gasteiger partial charge in [0.2, 0.25) is 0 Å². The molecule has 0 radical (unpaired) electrons. The molecular weight excluding hydrogens is 773 g/mol. The van der Waals surface area contributed by atoms with E-state index < -0.39 is 0 Å². The summed E-state index contributed by atoms with van der Waals surface area (Å²) in [6, 6.07) is 55.8. The molecule has 6 heteroatoms. The molecule has 3 aromatic heterocycles. The van der Waals surface area contributed by atoms with E-state index in [4.69, 9.17) is 14.4 Å². The van der Waals surface area contributed by atoms with Crippen LogP contribution < -0.4 is 0 Å². The monoisotopic (exact) mass is 818 g/mol. The Labute approximate surface area is 367 Å². The maximum absolute atomic E-state index is 12.5. The standard InChI is InChI=1S/C57H46N4O2/c1-56(2,3)39-31-45(53(62)47(32-39)57(4,5)6)55-60-52-42(24-17-26-50(52)61(55)49-25-15-13-22-40(49)35-18-9-7-10-19-35)44-29-37(28-43-41-23-14-16-27-51(41)63-54(43)44)48-30-38(33-58)46(34-59-48)36-20-11-8-12-21-36/h7-32,34,62H,1-6H3. The van der Waals surface area contributed by atoms with Gasteiger partial charge in [0.05, 0.1) is 39.6 Å². The minimum absolute atomic E-state index is 0.210. The zero-order chi connectivity index (χ0) is 43.6. The third-order valence-electron chi connectivity index (χ3n) is 12.1. The number of aromatic nitrogens is 3. The summed E-state index contributed by atoms with van der Waals surface area (Å²) in [5, 5.41) is 24.8. The molecule has 306 valence electrons.